The fourth-order valence-corrected chi connectivity index (χ4v) is 2.66. The van der Waals surface area contributed by atoms with Gasteiger partial charge >= 0.3 is 0 Å². The Hall–Kier alpha value is -2.49. The van der Waals surface area contributed by atoms with Gasteiger partial charge in [0.2, 0.25) is 0 Å². The van der Waals surface area contributed by atoms with Gasteiger partial charge in [0, 0.05) is 0 Å². The second-order valence-corrected chi connectivity index (χ2v) is 6.55. The predicted molar refractivity (Wildman–Crippen MR) is 105 cm³/mol. The third kappa shape index (κ3) is 5.01. The zero-order valence-electron chi connectivity index (χ0n) is 16.4. The molecule has 1 atom stereocenters. The Kier molecular flexibility index (Phi) is 7.07. The van der Waals surface area contributed by atoms with Gasteiger partial charge in [0.05, 0.1) is 6.54 Å². The Labute approximate surface area is 156 Å². The van der Waals surface area contributed by atoms with Crippen LogP contribution >= 0.6 is 0 Å². The van der Waals surface area contributed by atoms with Gasteiger partial charge in [-0.3, -0.25) is 4.79 Å². The summed E-state index contributed by atoms with van der Waals surface area (Å²) in [6, 6.07) is 11.9. The number of hydrogen-bond donors (Lipinski definition) is 1. The molecule has 0 spiro atoms. The van der Waals surface area contributed by atoms with Crippen molar-refractivity contribution in [2.24, 2.45) is 0 Å². The van der Waals surface area contributed by atoms with E-state index in [4.69, 9.17) is 9.47 Å². The number of ether oxygens (including phenoxy) is 2. The molecule has 0 aliphatic rings. The molecule has 0 aliphatic heterocycles. The number of rotatable bonds is 8. The molecule has 0 heterocycles. The summed E-state index contributed by atoms with van der Waals surface area (Å²) < 4.78 is 11.7. The molecule has 0 aliphatic carbocycles. The lowest BCUT2D eigenvalue weighted by Gasteiger charge is -2.19. The minimum Gasteiger partial charge on any atom is -0.491 e. The van der Waals surface area contributed by atoms with Gasteiger partial charge < -0.3 is 14.8 Å². The zero-order valence-corrected chi connectivity index (χ0v) is 16.4. The molecule has 26 heavy (non-hydrogen) atoms. The predicted octanol–water partition coefficient (Wildman–Crippen LogP) is 4.27. The minimum absolute atomic E-state index is 0.113. The van der Waals surface area contributed by atoms with Crippen molar-refractivity contribution in [3.63, 3.8) is 0 Å². The van der Waals surface area contributed by atoms with Crippen LogP contribution in [0.25, 0.3) is 0 Å². The van der Waals surface area contributed by atoms with E-state index in [2.05, 4.69) is 18.3 Å². The maximum absolute atomic E-state index is 12.4. The lowest BCUT2D eigenvalue weighted by Crippen LogP contribution is -2.40. The average Bonchev–Trinajstić information content (AvgIpc) is 2.63. The molecule has 4 heteroatoms. The van der Waals surface area contributed by atoms with E-state index in [0.717, 1.165) is 28.2 Å². The van der Waals surface area contributed by atoms with Crippen LogP contribution in [0.15, 0.2) is 36.4 Å². The van der Waals surface area contributed by atoms with E-state index in [1.54, 1.807) is 0 Å². The van der Waals surface area contributed by atoms with E-state index in [0.29, 0.717) is 19.6 Å². The summed E-state index contributed by atoms with van der Waals surface area (Å²) in [4.78, 5) is 12.4. The topological polar surface area (TPSA) is 47.6 Å². The van der Waals surface area contributed by atoms with E-state index in [9.17, 15) is 4.79 Å². The fourth-order valence-electron chi connectivity index (χ4n) is 2.66. The normalized spacial score (nSPS) is 11.7. The van der Waals surface area contributed by atoms with E-state index in [-0.39, 0.29) is 5.91 Å². The Balaban J connectivity index is 1.85. The number of benzene rings is 2. The standard InChI is InChI=1S/C22H29NO3/c1-6-19(26-21-12-8-10-16(3)18(21)5)22(24)23-13-14-25-20-11-7-9-15(2)17(20)4/h7-12,19H,6,13-14H2,1-5H3,(H,23,24)/t19-/m1/s1. The second-order valence-electron chi connectivity index (χ2n) is 6.55. The number of amides is 1. The molecule has 140 valence electrons. The molecule has 1 amide bonds. The lowest BCUT2D eigenvalue weighted by molar-refractivity contribution is -0.128. The molecule has 0 bridgehead atoms. The van der Waals surface area contributed by atoms with Crippen LogP contribution in [0.4, 0.5) is 0 Å². The van der Waals surface area contributed by atoms with Crippen LogP contribution < -0.4 is 14.8 Å². The fraction of sp³-hybridized carbons (Fsp3) is 0.409. The van der Waals surface area contributed by atoms with Crippen LogP contribution in [0.3, 0.4) is 0 Å². The molecule has 0 fully saturated rings. The van der Waals surface area contributed by atoms with Gasteiger partial charge in [-0.15, -0.1) is 0 Å². The maximum Gasteiger partial charge on any atom is 0.261 e. The van der Waals surface area contributed by atoms with Crippen molar-refractivity contribution in [3.8, 4) is 11.5 Å². The lowest BCUT2D eigenvalue weighted by atomic mass is 10.1. The van der Waals surface area contributed by atoms with Gasteiger partial charge in [-0.05, 0) is 68.5 Å². The summed E-state index contributed by atoms with van der Waals surface area (Å²) in [5.41, 5.74) is 4.54. The summed E-state index contributed by atoms with van der Waals surface area (Å²) in [5, 5.41) is 2.90. The largest absolute Gasteiger partial charge is 0.491 e. The highest BCUT2D eigenvalue weighted by Crippen LogP contribution is 2.22. The Morgan fingerprint density at radius 2 is 1.54 bits per heavy atom. The van der Waals surface area contributed by atoms with Crippen LogP contribution in [0.1, 0.15) is 35.6 Å². The number of carbonyl (C=O) groups is 1. The van der Waals surface area contributed by atoms with Crippen molar-refractivity contribution >= 4 is 5.91 Å². The molecule has 0 saturated heterocycles. The van der Waals surface area contributed by atoms with E-state index >= 15 is 0 Å². The summed E-state index contributed by atoms with van der Waals surface area (Å²) in [7, 11) is 0. The smallest absolute Gasteiger partial charge is 0.261 e. The number of nitrogens with one attached hydrogen (secondary N) is 1. The summed E-state index contributed by atoms with van der Waals surface area (Å²) in [6.45, 7) is 11.0. The van der Waals surface area contributed by atoms with Gasteiger partial charge in [0.1, 0.15) is 18.1 Å². The Morgan fingerprint density at radius 1 is 0.962 bits per heavy atom. The van der Waals surface area contributed by atoms with Crippen molar-refractivity contribution in [1.29, 1.82) is 0 Å². The van der Waals surface area contributed by atoms with Crippen molar-refractivity contribution in [1.82, 2.24) is 5.32 Å². The van der Waals surface area contributed by atoms with Crippen molar-refractivity contribution in [3.05, 3.63) is 58.7 Å². The van der Waals surface area contributed by atoms with Crippen LogP contribution in [-0.2, 0) is 4.79 Å². The first-order valence-corrected chi connectivity index (χ1v) is 9.13. The Morgan fingerprint density at radius 3 is 2.15 bits per heavy atom. The number of aryl methyl sites for hydroxylation is 2. The summed E-state index contributed by atoms with van der Waals surface area (Å²) >= 11 is 0. The first kappa shape index (κ1) is 19.8. The zero-order chi connectivity index (χ0) is 19.1. The van der Waals surface area contributed by atoms with Gasteiger partial charge in [-0.1, -0.05) is 31.2 Å². The first-order valence-electron chi connectivity index (χ1n) is 9.13. The molecule has 0 unspecified atom stereocenters. The third-order valence-electron chi connectivity index (χ3n) is 4.70. The van der Waals surface area contributed by atoms with Crippen molar-refractivity contribution < 1.29 is 14.3 Å². The maximum atomic E-state index is 12.4. The molecule has 2 aromatic rings. The molecule has 2 rings (SSSR count). The Bertz CT molecular complexity index is 755. The minimum atomic E-state index is -0.504. The highest BCUT2D eigenvalue weighted by molar-refractivity contribution is 5.81. The quantitative estimate of drug-likeness (QED) is 0.719. The highest BCUT2D eigenvalue weighted by atomic mass is 16.5. The van der Waals surface area contributed by atoms with Crippen LogP contribution in [0, 0.1) is 27.7 Å². The van der Waals surface area contributed by atoms with Crippen LogP contribution in [-0.4, -0.2) is 25.2 Å². The van der Waals surface area contributed by atoms with E-state index < -0.39 is 6.10 Å². The molecule has 2 aromatic carbocycles. The number of hydrogen-bond acceptors (Lipinski definition) is 3. The van der Waals surface area contributed by atoms with Crippen molar-refractivity contribution in [2.45, 2.75) is 47.1 Å². The van der Waals surface area contributed by atoms with Gasteiger partial charge in [-0.2, -0.15) is 0 Å². The molecule has 0 aromatic heterocycles. The second kappa shape index (κ2) is 9.27. The summed E-state index contributed by atoms with van der Waals surface area (Å²) in [5.74, 6) is 1.51. The molecule has 0 radical (unpaired) electrons. The summed E-state index contributed by atoms with van der Waals surface area (Å²) in [6.07, 6.45) is 0.105. The third-order valence-corrected chi connectivity index (χ3v) is 4.70. The van der Waals surface area contributed by atoms with Crippen LogP contribution in [0.5, 0.6) is 11.5 Å². The molecule has 4 nitrogen and oxygen atoms in total. The first-order chi connectivity index (χ1) is 12.4. The average molecular weight is 355 g/mol. The number of carbonyl (C=O) groups excluding carboxylic acids is 1. The van der Waals surface area contributed by atoms with Crippen LogP contribution in [0.2, 0.25) is 0 Å². The highest BCUT2D eigenvalue weighted by Gasteiger charge is 2.19. The van der Waals surface area contributed by atoms with Gasteiger partial charge in [0.15, 0.2) is 6.10 Å². The monoisotopic (exact) mass is 355 g/mol. The molecule has 0 saturated carbocycles. The van der Waals surface area contributed by atoms with E-state index in [1.807, 2.05) is 58.0 Å². The molecular formula is C22H29NO3. The van der Waals surface area contributed by atoms with Gasteiger partial charge in [0.25, 0.3) is 5.91 Å². The van der Waals surface area contributed by atoms with E-state index in [1.165, 1.54) is 5.56 Å². The molecular weight excluding hydrogens is 326 g/mol. The molecule has 1 N–H and O–H groups in total. The SMILES string of the molecule is CC[C@@H](Oc1cccc(C)c1C)C(=O)NCCOc1cccc(C)c1C. The van der Waals surface area contributed by atoms with Gasteiger partial charge in [-0.25, -0.2) is 0 Å². The van der Waals surface area contributed by atoms with Crippen molar-refractivity contribution in [2.75, 3.05) is 13.2 Å².